The first-order chi connectivity index (χ1) is 14.1. The first-order valence-electron chi connectivity index (χ1n) is 8.88. The summed E-state index contributed by atoms with van der Waals surface area (Å²) in [4.78, 5) is 13.0. The van der Waals surface area contributed by atoms with E-state index in [9.17, 15) is 15.2 Å². The van der Waals surface area contributed by atoms with E-state index in [0.29, 0.717) is 11.4 Å². The number of pyridine rings is 1. The topological polar surface area (TPSA) is 104 Å². The number of aromatic nitrogens is 1. The molecule has 2 aromatic heterocycles. The van der Waals surface area contributed by atoms with Gasteiger partial charge in [-0.3, -0.25) is 9.36 Å². The van der Waals surface area contributed by atoms with Gasteiger partial charge in [0, 0.05) is 10.9 Å². The van der Waals surface area contributed by atoms with Crippen LogP contribution in [0.5, 0.6) is 5.88 Å². The van der Waals surface area contributed by atoms with Crippen LogP contribution < -0.4 is 5.56 Å². The number of nitriles is 1. The van der Waals surface area contributed by atoms with Gasteiger partial charge >= 0.3 is 0 Å². The molecule has 0 saturated heterocycles. The molecule has 7 heteroatoms. The molecule has 0 aliphatic carbocycles. The lowest BCUT2D eigenvalue weighted by molar-refractivity contribution is 0.397. The molecule has 0 unspecified atom stereocenters. The Morgan fingerprint density at radius 1 is 1.10 bits per heavy atom. The van der Waals surface area contributed by atoms with Crippen molar-refractivity contribution in [2.24, 2.45) is 10.2 Å². The number of aromatic hydroxyl groups is 1. The standard InChI is InChI=1S/C22H16N4O3/c1-14-18(12-23)21(27)26(13-16-8-5-11-29-16)22(28)20(14)25-24-19-10-4-7-15-6-2-3-9-17(15)19/h2-11,27H,13H2,1H3. The van der Waals surface area contributed by atoms with Crippen molar-refractivity contribution in [3.05, 3.63) is 88.1 Å². The van der Waals surface area contributed by atoms with E-state index in [1.165, 1.54) is 6.26 Å². The SMILES string of the molecule is Cc1c(C#N)c(O)n(Cc2ccco2)c(=O)c1N=Nc1cccc2ccccc12. The van der Waals surface area contributed by atoms with Crippen molar-refractivity contribution in [3.8, 4) is 11.9 Å². The summed E-state index contributed by atoms with van der Waals surface area (Å²) in [6.45, 7) is 1.54. The van der Waals surface area contributed by atoms with E-state index >= 15 is 0 Å². The first kappa shape index (κ1) is 18.2. The zero-order chi connectivity index (χ0) is 20.4. The van der Waals surface area contributed by atoms with Gasteiger partial charge in [-0.05, 0) is 30.5 Å². The highest BCUT2D eigenvalue weighted by molar-refractivity contribution is 5.92. The summed E-state index contributed by atoms with van der Waals surface area (Å²) in [7, 11) is 0. The second-order valence-electron chi connectivity index (χ2n) is 6.45. The van der Waals surface area contributed by atoms with E-state index in [-0.39, 0.29) is 23.4 Å². The van der Waals surface area contributed by atoms with Crippen LogP contribution in [0.4, 0.5) is 11.4 Å². The Hall–Kier alpha value is -4.18. The zero-order valence-corrected chi connectivity index (χ0v) is 15.5. The van der Waals surface area contributed by atoms with Crippen LogP contribution in [-0.4, -0.2) is 9.67 Å². The van der Waals surface area contributed by atoms with Crippen molar-refractivity contribution in [2.45, 2.75) is 13.5 Å². The summed E-state index contributed by atoms with van der Waals surface area (Å²) in [5.74, 6) is 0.0441. The van der Waals surface area contributed by atoms with Crippen LogP contribution in [0.15, 0.2) is 80.3 Å². The largest absolute Gasteiger partial charge is 0.493 e. The predicted molar refractivity (Wildman–Crippen MR) is 108 cm³/mol. The van der Waals surface area contributed by atoms with Gasteiger partial charge in [0.1, 0.15) is 17.4 Å². The fourth-order valence-electron chi connectivity index (χ4n) is 3.16. The average molecular weight is 384 g/mol. The van der Waals surface area contributed by atoms with Gasteiger partial charge in [0.15, 0.2) is 5.69 Å². The Bertz CT molecular complexity index is 1320. The highest BCUT2D eigenvalue weighted by atomic mass is 16.3. The second kappa shape index (κ2) is 7.44. The van der Waals surface area contributed by atoms with Gasteiger partial charge in [-0.2, -0.15) is 5.26 Å². The number of furan rings is 1. The van der Waals surface area contributed by atoms with Gasteiger partial charge < -0.3 is 9.52 Å². The Labute approximate surface area is 165 Å². The van der Waals surface area contributed by atoms with Crippen LogP contribution in [0.2, 0.25) is 0 Å². The van der Waals surface area contributed by atoms with Crippen molar-refractivity contribution in [1.82, 2.24) is 4.57 Å². The molecule has 142 valence electrons. The van der Waals surface area contributed by atoms with Crippen LogP contribution in [0.1, 0.15) is 16.9 Å². The van der Waals surface area contributed by atoms with Gasteiger partial charge in [-0.1, -0.05) is 36.4 Å². The predicted octanol–water partition coefficient (Wildman–Crippen LogP) is 4.94. The van der Waals surface area contributed by atoms with Gasteiger partial charge in [0.25, 0.3) is 5.56 Å². The molecule has 0 fully saturated rings. The molecule has 0 aliphatic heterocycles. The second-order valence-corrected chi connectivity index (χ2v) is 6.45. The summed E-state index contributed by atoms with van der Waals surface area (Å²) in [6.07, 6.45) is 1.47. The molecule has 0 spiro atoms. The van der Waals surface area contributed by atoms with Crippen molar-refractivity contribution >= 4 is 22.1 Å². The van der Waals surface area contributed by atoms with Crippen LogP contribution in [0, 0.1) is 18.3 Å². The lowest BCUT2D eigenvalue weighted by Crippen LogP contribution is -2.22. The maximum absolute atomic E-state index is 13.0. The first-order valence-corrected chi connectivity index (χ1v) is 8.88. The van der Waals surface area contributed by atoms with E-state index in [0.717, 1.165) is 15.3 Å². The fraction of sp³-hybridized carbons (Fsp3) is 0.0909. The minimum absolute atomic E-state index is 0.00107. The summed E-state index contributed by atoms with van der Waals surface area (Å²) >= 11 is 0. The Balaban J connectivity index is 1.86. The third-order valence-corrected chi connectivity index (χ3v) is 4.69. The summed E-state index contributed by atoms with van der Waals surface area (Å²) in [5.41, 5.74) is 0.294. The van der Waals surface area contributed by atoms with Crippen molar-refractivity contribution in [2.75, 3.05) is 0 Å². The summed E-state index contributed by atoms with van der Waals surface area (Å²) in [6, 6.07) is 18.6. The summed E-state index contributed by atoms with van der Waals surface area (Å²) in [5, 5.41) is 30.2. The molecule has 0 saturated carbocycles. The number of hydrogen-bond acceptors (Lipinski definition) is 6. The van der Waals surface area contributed by atoms with Gasteiger partial charge in [0.05, 0.1) is 18.5 Å². The quantitative estimate of drug-likeness (QED) is 0.503. The fourth-order valence-corrected chi connectivity index (χ4v) is 3.16. The number of fused-ring (bicyclic) bond motifs is 1. The zero-order valence-electron chi connectivity index (χ0n) is 15.5. The van der Waals surface area contributed by atoms with Crippen molar-refractivity contribution in [3.63, 3.8) is 0 Å². The van der Waals surface area contributed by atoms with E-state index in [4.69, 9.17) is 4.42 Å². The average Bonchev–Trinajstić information content (AvgIpc) is 3.25. The molecule has 7 nitrogen and oxygen atoms in total. The monoisotopic (exact) mass is 384 g/mol. The van der Waals surface area contributed by atoms with Crippen LogP contribution >= 0.6 is 0 Å². The smallest absolute Gasteiger partial charge is 0.281 e. The molecule has 0 atom stereocenters. The van der Waals surface area contributed by atoms with E-state index in [1.807, 2.05) is 42.5 Å². The number of hydrogen-bond donors (Lipinski definition) is 1. The normalized spacial score (nSPS) is 11.2. The van der Waals surface area contributed by atoms with Gasteiger partial charge in [0.2, 0.25) is 5.88 Å². The molecule has 0 radical (unpaired) electrons. The third-order valence-electron chi connectivity index (χ3n) is 4.69. The molecular weight excluding hydrogens is 368 g/mol. The molecule has 1 N–H and O–H groups in total. The molecule has 0 bridgehead atoms. The third kappa shape index (κ3) is 3.28. The Kier molecular flexibility index (Phi) is 4.67. The van der Waals surface area contributed by atoms with E-state index in [2.05, 4.69) is 10.2 Å². The maximum Gasteiger partial charge on any atom is 0.281 e. The number of azo groups is 1. The number of benzene rings is 2. The molecule has 29 heavy (non-hydrogen) atoms. The Morgan fingerprint density at radius 2 is 1.90 bits per heavy atom. The highest BCUT2D eigenvalue weighted by Gasteiger charge is 2.20. The molecule has 0 aliphatic rings. The number of rotatable bonds is 4. The molecule has 4 aromatic rings. The van der Waals surface area contributed by atoms with E-state index in [1.54, 1.807) is 25.1 Å². The van der Waals surface area contributed by atoms with Crippen LogP contribution in [0.3, 0.4) is 0 Å². The minimum atomic E-state index is -0.556. The van der Waals surface area contributed by atoms with Crippen molar-refractivity contribution < 1.29 is 9.52 Å². The molecule has 4 rings (SSSR count). The Morgan fingerprint density at radius 3 is 2.66 bits per heavy atom. The van der Waals surface area contributed by atoms with Crippen molar-refractivity contribution in [1.29, 1.82) is 5.26 Å². The maximum atomic E-state index is 13.0. The highest BCUT2D eigenvalue weighted by Crippen LogP contribution is 2.30. The molecule has 2 aromatic carbocycles. The molecular formula is C22H16N4O3. The lowest BCUT2D eigenvalue weighted by Gasteiger charge is -2.12. The van der Waals surface area contributed by atoms with Gasteiger partial charge in [-0.15, -0.1) is 10.2 Å². The lowest BCUT2D eigenvalue weighted by atomic mass is 10.1. The minimum Gasteiger partial charge on any atom is -0.493 e. The van der Waals surface area contributed by atoms with Crippen LogP contribution in [0.25, 0.3) is 10.8 Å². The molecule has 0 amide bonds. The summed E-state index contributed by atoms with van der Waals surface area (Å²) < 4.78 is 6.32. The molecule has 2 heterocycles. The van der Waals surface area contributed by atoms with E-state index < -0.39 is 11.4 Å². The van der Waals surface area contributed by atoms with Crippen LogP contribution in [-0.2, 0) is 6.54 Å². The number of nitrogens with zero attached hydrogens (tertiary/aromatic N) is 4. The van der Waals surface area contributed by atoms with Gasteiger partial charge in [-0.25, -0.2) is 0 Å².